The maximum atomic E-state index is 13.2. The molecule has 2 atom stereocenters. The first-order valence-electron chi connectivity index (χ1n) is 10.7. The molecule has 0 radical (unpaired) electrons. The van der Waals surface area contributed by atoms with Gasteiger partial charge in [0, 0.05) is 34.9 Å². The number of pyridine rings is 1. The molecule has 174 valence electrons. The molecule has 34 heavy (non-hydrogen) atoms. The number of nitrogens with two attached hydrogens (primary N) is 1. The van der Waals surface area contributed by atoms with Gasteiger partial charge in [-0.25, -0.2) is 4.98 Å². The highest BCUT2D eigenvalue weighted by molar-refractivity contribution is 6.05. The molecule has 5 rings (SSSR count). The van der Waals surface area contributed by atoms with E-state index in [4.69, 9.17) is 15.2 Å². The molecule has 2 amide bonds. The summed E-state index contributed by atoms with van der Waals surface area (Å²) in [5.41, 5.74) is 9.24. The molecular weight excluding hydrogens is 438 g/mol. The molecular formula is C24H23N5O5. The monoisotopic (exact) mass is 461 g/mol. The standard InChI is InChI=1S/C24H23N5O5/c1-33-19-7-3-13-2-5-16(11-18(13)28-19)29-8-9-34-21(24(29)32)20(30)23(31)27-15-4-6-17-14(10-15)12-26-22(17)25/h2-7,10-11,20-21,30H,8-9,12H2,1H3,(H2,25,26)(H,27,31)/t20-,21-/m1/s1. The third-order valence-electron chi connectivity index (χ3n) is 5.92. The molecule has 10 heteroatoms. The van der Waals surface area contributed by atoms with Gasteiger partial charge >= 0.3 is 0 Å². The van der Waals surface area contributed by atoms with E-state index in [0.29, 0.717) is 35.2 Å². The number of nitrogens with zero attached hydrogens (tertiary/aromatic N) is 3. The number of amidine groups is 1. The molecule has 2 aliphatic rings. The number of aromatic nitrogens is 1. The molecule has 4 N–H and O–H groups in total. The molecule has 10 nitrogen and oxygen atoms in total. The van der Waals surface area contributed by atoms with Gasteiger partial charge in [0.1, 0.15) is 5.84 Å². The lowest BCUT2D eigenvalue weighted by Crippen LogP contribution is -2.55. The lowest BCUT2D eigenvalue weighted by molar-refractivity contribution is -0.150. The van der Waals surface area contributed by atoms with Gasteiger partial charge in [-0.05, 0) is 42.0 Å². The largest absolute Gasteiger partial charge is 0.481 e. The zero-order chi connectivity index (χ0) is 23.8. The molecule has 1 saturated heterocycles. The van der Waals surface area contributed by atoms with Crippen molar-refractivity contribution in [3.8, 4) is 5.88 Å². The van der Waals surface area contributed by atoms with Gasteiger partial charge in [0.15, 0.2) is 12.2 Å². The normalized spacial score (nSPS) is 18.4. The predicted octanol–water partition coefficient (Wildman–Crippen LogP) is 1.19. The van der Waals surface area contributed by atoms with Crippen LogP contribution in [0, 0.1) is 0 Å². The Labute approximate surface area is 195 Å². The van der Waals surface area contributed by atoms with Crippen molar-refractivity contribution in [3.63, 3.8) is 0 Å². The summed E-state index contributed by atoms with van der Waals surface area (Å²) in [5, 5.41) is 14.2. The van der Waals surface area contributed by atoms with Crippen molar-refractivity contribution >= 4 is 39.9 Å². The number of carbonyl (C=O) groups is 2. The van der Waals surface area contributed by atoms with Crippen molar-refractivity contribution < 1.29 is 24.2 Å². The maximum Gasteiger partial charge on any atom is 0.259 e. The van der Waals surface area contributed by atoms with E-state index in [0.717, 1.165) is 16.5 Å². The van der Waals surface area contributed by atoms with Gasteiger partial charge in [0.05, 0.1) is 25.8 Å². The molecule has 0 saturated carbocycles. The minimum atomic E-state index is -1.69. The van der Waals surface area contributed by atoms with Crippen molar-refractivity contribution in [1.29, 1.82) is 0 Å². The third kappa shape index (κ3) is 3.93. The minimum Gasteiger partial charge on any atom is -0.481 e. The second-order valence-electron chi connectivity index (χ2n) is 8.02. The smallest absolute Gasteiger partial charge is 0.259 e. The first kappa shape index (κ1) is 21.8. The molecule has 2 aliphatic heterocycles. The van der Waals surface area contributed by atoms with Crippen molar-refractivity contribution in [1.82, 2.24) is 4.98 Å². The van der Waals surface area contributed by atoms with Crippen molar-refractivity contribution in [2.45, 2.75) is 18.8 Å². The van der Waals surface area contributed by atoms with E-state index in [1.165, 1.54) is 12.0 Å². The summed E-state index contributed by atoms with van der Waals surface area (Å²) in [4.78, 5) is 35.9. The van der Waals surface area contributed by atoms with Crippen molar-refractivity contribution in [3.05, 3.63) is 59.7 Å². The Hall–Kier alpha value is -4.02. The van der Waals surface area contributed by atoms with Crippen LogP contribution >= 0.6 is 0 Å². The number of ether oxygens (including phenoxy) is 2. The van der Waals surface area contributed by atoms with Crippen LogP contribution in [0.15, 0.2) is 53.5 Å². The van der Waals surface area contributed by atoms with Gasteiger partial charge < -0.3 is 30.5 Å². The zero-order valence-corrected chi connectivity index (χ0v) is 18.4. The Balaban J connectivity index is 1.32. The SMILES string of the molecule is COc1ccc2ccc(N3CCO[C@H]([C@@H](O)C(=O)Nc4ccc5c(c4)CN=C5N)C3=O)cc2n1. The predicted molar refractivity (Wildman–Crippen MR) is 126 cm³/mol. The average Bonchev–Trinajstić information content (AvgIpc) is 3.22. The number of hydrogen-bond acceptors (Lipinski definition) is 8. The fourth-order valence-corrected chi connectivity index (χ4v) is 4.12. The highest BCUT2D eigenvalue weighted by Gasteiger charge is 2.39. The van der Waals surface area contributed by atoms with Crippen LogP contribution in [-0.2, 0) is 20.9 Å². The highest BCUT2D eigenvalue weighted by atomic mass is 16.5. The van der Waals surface area contributed by atoms with E-state index in [-0.39, 0.29) is 13.2 Å². The Bertz CT molecular complexity index is 1320. The molecule has 0 unspecified atom stereocenters. The molecule has 3 heterocycles. The fraction of sp³-hybridized carbons (Fsp3) is 0.250. The van der Waals surface area contributed by atoms with Gasteiger partial charge in [-0.15, -0.1) is 0 Å². The minimum absolute atomic E-state index is 0.166. The number of morpholine rings is 1. The van der Waals surface area contributed by atoms with E-state index in [9.17, 15) is 14.7 Å². The molecule has 1 aromatic heterocycles. The van der Waals surface area contributed by atoms with Gasteiger partial charge in [0.2, 0.25) is 5.88 Å². The van der Waals surface area contributed by atoms with Crippen LogP contribution in [0.25, 0.3) is 10.9 Å². The van der Waals surface area contributed by atoms with Crippen LogP contribution in [0.2, 0.25) is 0 Å². The number of rotatable bonds is 5. The van der Waals surface area contributed by atoms with Crippen LogP contribution in [0.3, 0.4) is 0 Å². The summed E-state index contributed by atoms with van der Waals surface area (Å²) in [6, 6.07) is 14.2. The topological polar surface area (TPSA) is 139 Å². The maximum absolute atomic E-state index is 13.2. The third-order valence-corrected chi connectivity index (χ3v) is 5.92. The highest BCUT2D eigenvalue weighted by Crippen LogP contribution is 2.26. The number of aliphatic imine (C=N–C) groups is 1. The summed E-state index contributed by atoms with van der Waals surface area (Å²) >= 11 is 0. The van der Waals surface area contributed by atoms with Gasteiger partial charge in [-0.3, -0.25) is 14.6 Å². The summed E-state index contributed by atoms with van der Waals surface area (Å²) in [6.07, 6.45) is -3.03. The summed E-state index contributed by atoms with van der Waals surface area (Å²) < 4.78 is 10.7. The number of anilines is 2. The number of benzene rings is 2. The second-order valence-corrected chi connectivity index (χ2v) is 8.02. The van der Waals surface area contributed by atoms with Crippen LogP contribution in [0.4, 0.5) is 11.4 Å². The Morgan fingerprint density at radius 3 is 2.91 bits per heavy atom. The number of amides is 2. The van der Waals surface area contributed by atoms with Gasteiger partial charge in [0.25, 0.3) is 11.8 Å². The molecule has 3 aromatic rings. The lowest BCUT2D eigenvalue weighted by atomic mass is 10.1. The van der Waals surface area contributed by atoms with Crippen LogP contribution < -0.4 is 20.7 Å². The molecule has 0 bridgehead atoms. The molecule has 2 aromatic carbocycles. The number of aliphatic hydroxyl groups excluding tert-OH is 1. The average molecular weight is 461 g/mol. The summed E-state index contributed by atoms with van der Waals surface area (Å²) in [7, 11) is 1.53. The lowest BCUT2D eigenvalue weighted by Gasteiger charge is -2.34. The van der Waals surface area contributed by atoms with Crippen molar-refractivity contribution in [2.24, 2.45) is 10.7 Å². The van der Waals surface area contributed by atoms with Gasteiger partial charge in [-0.1, -0.05) is 6.07 Å². The van der Waals surface area contributed by atoms with Crippen LogP contribution in [0.5, 0.6) is 5.88 Å². The van der Waals surface area contributed by atoms with Gasteiger partial charge in [-0.2, -0.15) is 0 Å². The number of fused-ring (bicyclic) bond motifs is 2. The molecule has 0 aliphatic carbocycles. The van der Waals surface area contributed by atoms with E-state index in [1.807, 2.05) is 12.1 Å². The summed E-state index contributed by atoms with van der Waals surface area (Å²) in [5.74, 6) is -0.330. The van der Waals surface area contributed by atoms with E-state index >= 15 is 0 Å². The quantitative estimate of drug-likeness (QED) is 0.519. The van der Waals surface area contributed by atoms with E-state index in [2.05, 4.69) is 15.3 Å². The number of carbonyl (C=O) groups excluding carboxylic acids is 2. The first-order valence-corrected chi connectivity index (χ1v) is 10.7. The van der Waals surface area contributed by atoms with Crippen LogP contribution in [-0.4, -0.2) is 60.2 Å². The Morgan fingerprint density at radius 1 is 1.26 bits per heavy atom. The van der Waals surface area contributed by atoms with E-state index < -0.39 is 24.0 Å². The molecule has 1 fully saturated rings. The first-order chi connectivity index (χ1) is 16.4. The Kier molecular flexibility index (Phi) is 5.60. The van der Waals surface area contributed by atoms with Crippen LogP contribution in [0.1, 0.15) is 11.1 Å². The summed E-state index contributed by atoms with van der Waals surface area (Å²) in [6.45, 7) is 0.879. The molecule has 0 spiro atoms. The van der Waals surface area contributed by atoms with Crippen molar-refractivity contribution in [2.75, 3.05) is 30.5 Å². The Morgan fingerprint density at radius 2 is 2.09 bits per heavy atom. The number of methoxy groups -OCH3 is 1. The fourth-order valence-electron chi connectivity index (χ4n) is 4.12. The second kappa shape index (κ2) is 8.73. The number of hydrogen-bond donors (Lipinski definition) is 3. The van der Waals surface area contributed by atoms with E-state index in [1.54, 1.807) is 36.4 Å². The number of nitrogens with one attached hydrogen (secondary N) is 1. The number of aliphatic hydroxyl groups is 1. The zero-order valence-electron chi connectivity index (χ0n) is 18.4.